The summed E-state index contributed by atoms with van der Waals surface area (Å²) < 4.78 is 0. The highest BCUT2D eigenvalue weighted by Gasteiger charge is 2.38. The van der Waals surface area contributed by atoms with E-state index in [0.29, 0.717) is 32.6 Å². The second-order valence-corrected chi connectivity index (χ2v) is 11.7. The highest BCUT2D eigenvalue weighted by molar-refractivity contribution is 7.10. The zero-order valence-electron chi connectivity index (χ0n) is 20.6. The van der Waals surface area contributed by atoms with Gasteiger partial charge in [-0.2, -0.15) is 0 Å². The third kappa shape index (κ3) is 5.17. The summed E-state index contributed by atoms with van der Waals surface area (Å²) in [6, 6.07) is 10.7. The van der Waals surface area contributed by atoms with Crippen LogP contribution >= 0.6 is 11.3 Å². The zero-order valence-corrected chi connectivity index (χ0v) is 21.5. The molecule has 0 saturated carbocycles. The first-order chi connectivity index (χ1) is 15.7. The highest BCUT2D eigenvalue weighted by atomic mass is 32.1. The molecule has 0 spiro atoms. The molecule has 1 aromatic heterocycles. The highest BCUT2D eigenvalue weighted by Crippen LogP contribution is 2.40. The van der Waals surface area contributed by atoms with Crippen LogP contribution in [0.4, 0.5) is 0 Å². The predicted molar refractivity (Wildman–Crippen MR) is 134 cm³/mol. The largest absolute Gasteiger partial charge is 0.339 e. The number of amides is 2. The molecule has 0 aliphatic carbocycles. The van der Waals surface area contributed by atoms with Crippen molar-refractivity contribution in [3.63, 3.8) is 0 Å². The van der Waals surface area contributed by atoms with E-state index in [1.807, 2.05) is 21.1 Å². The lowest BCUT2D eigenvalue weighted by Gasteiger charge is -2.43. The molecular formula is C27H37N3O2S. The maximum atomic E-state index is 13.6. The maximum Gasteiger partial charge on any atom is 0.239 e. The van der Waals surface area contributed by atoms with Crippen LogP contribution in [0.15, 0.2) is 35.7 Å². The molecule has 0 N–H and O–H groups in total. The Balaban J connectivity index is 1.48. The smallest absolute Gasteiger partial charge is 0.239 e. The molecule has 0 unspecified atom stereocenters. The molecule has 178 valence electrons. The van der Waals surface area contributed by atoms with Gasteiger partial charge in [0, 0.05) is 44.0 Å². The Morgan fingerprint density at radius 1 is 1.00 bits per heavy atom. The molecule has 5 nitrogen and oxygen atoms in total. The first-order valence-corrected chi connectivity index (χ1v) is 13.0. The van der Waals surface area contributed by atoms with Crippen LogP contribution in [0.25, 0.3) is 0 Å². The molecule has 3 heterocycles. The van der Waals surface area contributed by atoms with Crippen molar-refractivity contribution in [2.75, 3.05) is 32.7 Å². The van der Waals surface area contributed by atoms with Gasteiger partial charge in [0.25, 0.3) is 0 Å². The van der Waals surface area contributed by atoms with Gasteiger partial charge in [0.15, 0.2) is 0 Å². The molecule has 2 aromatic rings. The third-order valence-electron chi connectivity index (χ3n) is 6.97. The second-order valence-electron chi connectivity index (χ2n) is 10.7. The van der Waals surface area contributed by atoms with E-state index in [0.717, 1.165) is 13.0 Å². The molecule has 2 aliphatic rings. The number of thiophene rings is 1. The van der Waals surface area contributed by atoms with Crippen molar-refractivity contribution in [1.82, 2.24) is 14.7 Å². The summed E-state index contributed by atoms with van der Waals surface area (Å²) in [5.41, 5.74) is 3.88. The first kappa shape index (κ1) is 24.0. The van der Waals surface area contributed by atoms with Gasteiger partial charge in [-0.25, -0.2) is 0 Å². The van der Waals surface area contributed by atoms with Crippen molar-refractivity contribution in [2.45, 2.75) is 59.5 Å². The summed E-state index contributed by atoms with van der Waals surface area (Å²) in [4.78, 5) is 33.9. The van der Waals surface area contributed by atoms with Gasteiger partial charge in [-0.05, 0) is 53.8 Å². The van der Waals surface area contributed by atoms with Gasteiger partial charge in [0.05, 0.1) is 12.1 Å². The number of hydrogen-bond donors (Lipinski definition) is 0. The van der Waals surface area contributed by atoms with Gasteiger partial charge in [0.2, 0.25) is 11.8 Å². The van der Waals surface area contributed by atoms with Crippen LogP contribution in [0.3, 0.4) is 0 Å². The standard InChI is InChI=1S/C27H37N3O2S/c1-19-8-6-7-9-21(19)25-22-11-17-33-23(22)10-12-30(25)20(2)26(32)29-15-13-28(14-16-29)24(31)18-27(3,4)5/h6-9,11,17,20,25H,10,12-16,18H2,1-5H3/t20-,25-/m0/s1. The van der Waals surface area contributed by atoms with Gasteiger partial charge < -0.3 is 9.80 Å². The summed E-state index contributed by atoms with van der Waals surface area (Å²) in [5, 5.41) is 2.18. The van der Waals surface area contributed by atoms with E-state index >= 15 is 0 Å². The average Bonchev–Trinajstić information content (AvgIpc) is 3.26. The van der Waals surface area contributed by atoms with Gasteiger partial charge in [0.1, 0.15) is 0 Å². The van der Waals surface area contributed by atoms with E-state index in [1.165, 1.54) is 21.6 Å². The number of carbonyl (C=O) groups is 2. The van der Waals surface area contributed by atoms with E-state index in [9.17, 15) is 9.59 Å². The summed E-state index contributed by atoms with van der Waals surface area (Å²) in [6.07, 6.45) is 1.54. The lowest BCUT2D eigenvalue weighted by atomic mass is 9.89. The minimum Gasteiger partial charge on any atom is -0.339 e. The Hall–Kier alpha value is -2.18. The van der Waals surface area contributed by atoms with Crippen molar-refractivity contribution >= 4 is 23.2 Å². The molecule has 33 heavy (non-hydrogen) atoms. The van der Waals surface area contributed by atoms with E-state index in [4.69, 9.17) is 0 Å². The van der Waals surface area contributed by atoms with Crippen molar-refractivity contribution in [2.24, 2.45) is 5.41 Å². The number of benzene rings is 1. The lowest BCUT2D eigenvalue weighted by molar-refractivity contribution is -0.144. The van der Waals surface area contributed by atoms with Gasteiger partial charge >= 0.3 is 0 Å². The summed E-state index contributed by atoms with van der Waals surface area (Å²) in [7, 11) is 0. The zero-order chi connectivity index (χ0) is 23.8. The molecule has 6 heteroatoms. The van der Waals surface area contributed by atoms with E-state index in [2.05, 4.69) is 75.2 Å². The number of fused-ring (bicyclic) bond motifs is 1. The van der Waals surface area contributed by atoms with Crippen molar-refractivity contribution in [1.29, 1.82) is 0 Å². The van der Waals surface area contributed by atoms with Gasteiger partial charge in [-0.1, -0.05) is 45.0 Å². The Bertz CT molecular complexity index is 1000. The van der Waals surface area contributed by atoms with Crippen LogP contribution in [0.5, 0.6) is 0 Å². The minimum atomic E-state index is -0.209. The monoisotopic (exact) mass is 467 g/mol. The number of aryl methyl sites for hydroxylation is 1. The van der Waals surface area contributed by atoms with E-state index < -0.39 is 0 Å². The lowest BCUT2D eigenvalue weighted by Crippen LogP contribution is -2.56. The van der Waals surface area contributed by atoms with Crippen LogP contribution in [0, 0.1) is 12.3 Å². The summed E-state index contributed by atoms with van der Waals surface area (Å²) >= 11 is 1.83. The molecule has 2 atom stereocenters. The molecule has 2 amide bonds. The number of rotatable bonds is 4. The Morgan fingerprint density at radius 2 is 1.67 bits per heavy atom. The molecule has 1 fully saturated rings. The Morgan fingerprint density at radius 3 is 2.33 bits per heavy atom. The first-order valence-electron chi connectivity index (χ1n) is 12.1. The topological polar surface area (TPSA) is 43.9 Å². The fraction of sp³-hybridized carbons (Fsp3) is 0.556. The van der Waals surface area contributed by atoms with Crippen molar-refractivity contribution in [3.05, 3.63) is 57.3 Å². The molecule has 0 bridgehead atoms. The normalized spacial score (nSPS) is 20.5. The van der Waals surface area contributed by atoms with Crippen LogP contribution in [0.2, 0.25) is 0 Å². The molecule has 2 aliphatic heterocycles. The maximum absolute atomic E-state index is 13.6. The Labute approximate surface area is 202 Å². The molecule has 0 radical (unpaired) electrons. The molecule has 4 rings (SSSR count). The van der Waals surface area contributed by atoms with Crippen LogP contribution in [-0.2, 0) is 16.0 Å². The molecule has 1 saturated heterocycles. The number of hydrogen-bond acceptors (Lipinski definition) is 4. The molecule has 1 aromatic carbocycles. The van der Waals surface area contributed by atoms with Crippen molar-refractivity contribution in [3.8, 4) is 0 Å². The van der Waals surface area contributed by atoms with Crippen molar-refractivity contribution < 1.29 is 9.59 Å². The van der Waals surface area contributed by atoms with Crippen LogP contribution < -0.4 is 0 Å². The van der Waals surface area contributed by atoms with Crippen LogP contribution in [0.1, 0.15) is 61.7 Å². The van der Waals surface area contributed by atoms with Gasteiger partial charge in [-0.15, -0.1) is 11.3 Å². The van der Waals surface area contributed by atoms with E-state index in [1.54, 1.807) is 0 Å². The SMILES string of the molecule is Cc1ccccc1[C@H]1c2ccsc2CCN1[C@@H](C)C(=O)N1CCN(C(=O)CC(C)(C)C)CC1. The van der Waals surface area contributed by atoms with Crippen LogP contribution in [-0.4, -0.2) is 65.3 Å². The fourth-order valence-corrected chi connectivity index (χ4v) is 6.04. The number of carbonyl (C=O) groups excluding carboxylic acids is 2. The van der Waals surface area contributed by atoms with E-state index in [-0.39, 0.29) is 29.3 Å². The quantitative estimate of drug-likeness (QED) is 0.665. The second kappa shape index (κ2) is 9.59. The molecular weight excluding hydrogens is 430 g/mol. The number of nitrogens with zero attached hydrogens (tertiary/aromatic N) is 3. The fourth-order valence-electron chi connectivity index (χ4n) is 5.14. The summed E-state index contributed by atoms with van der Waals surface area (Å²) in [5.74, 6) is 0.374. The predicted octanol–water partition coefficient (Wildman–Crippen LogP) is 4.50. The minimum absolute atomic E-state index is 0.0160. The number of piperazine rings is 1. The Kier molecular flexibility index (Phi) is 6.96. The van der Waals surface area contributed by atoms with Gasteiger partial charge in [-0.3, -0.25) is 14.5 Å². The third-order valence-corrected chi connectivity index (χ3v) is 7.96. The average molecular weight is 468 g/mol. The summed E-state index contributed by atoms with van der Waals surface area (Å²) in [6.45, 7) is 13.9.